The minimum atomic E-state index is -3.35. The van der Waals surface area contributed by atoms with Crippen molar-refractivity contribution in [1.29, 1.82) is 0 Å². The van der Waals surface area contributed by atoms with Crippen LogP contribution in [-0.2, 0) is 50.5 Å². The summed E-state index contributed by atoms with van der Waals surface area (Å²) in [6.07, 6.45) is 1.25. The number of benzene rings is 2. The summed E-state index contributed by atoms with van der Waals surface area (Å²) in [5.41, 5.74) is 6.70. The van der Waals surface area contributed by atoms with E-state index in [1.165, 1.54) is 0 Å². The lowest BCUT2D eigenvalue weighted by Crippen LogP contribution is -2.42. The van der Waals surface area contributed by atoms with Gasteiger partial charge in [-0.1, -0.05) is 23.7 Å². The fourth-order valence-electron chi connectivity index (χ4n) is 8.74. The molecule has 0 saturated carbocycles. The second kappa shape index (κ2) is 33.9. The van der Waals surface area contributed by atoms with Gasteiger partial charge in [-0.25, -0.2) is 14.8 Å². The molecule has 18 nitrogen and oxygen atoms in total. The van der Waals surface area contributed by atoms with Gasteiger partial charge in [0.1, 0.15) is 22.5 Å². The molecule has 2 aromatic heterocycles. The molecule has 2 aromatic carbocycles. The van der Waals surface area contributed by atoms with Gasteiger partial charge in [0.25, 0.3) is 0 Å². The molecule has 1 aliphatic rings. The van der Waals surface area contributed by atoms with E-state index in [0.717, 1.165) is 52.3 Å². The molecule has 0 radical (unpaired) electrons. The van der Waals surface area contributed by atoms with Gasteiger partial charge in [-0.2, -0.15) is 0 Å². The van der Waals surface area contributed by atoms with Crippen LogP contribution in [0.3, 0.4) is 0 Å². The third kappa shape index (κ3) is 22.7. The fraction of sp³-hybridized carbons (Fsp3) is 0.540. The molecule has 1 amide bonds. The molecule has 452 valence electrons. The highest BCUT2D eigenvalue weighted by Gasteiger charge is 2.27. The number of hydrogen-bond acceptors (Lipinski definition) is 17. The van der Waals surface area contributed by atoms with E-state index in [-0.39, 0.29) is 25.0 Å². The van der Waals surface area contributed by atoms with Crippen molar-refractivity contribution in [3.8, 4) is 35.2 Å². The van der Waals surface area contributed by atoms with Crippen LogP contribution >= 0.6 is 15.5 Å². The first kappa shape index (κ1) is 67.6. The Morgan fingerprint density at radius 3 is 1.55 bits per heavy atom. The van der Waals surface area contributed by atoms with Gasteiger partial charge in [-0.15, -0.1) is 0 Å². The number of hydrogen-bond donors (Lipinski definition) is 0. The van der Waals surface area contributed by atoms with Crippen molar-refractivity contribution in [2.45, 2.75) is 107 Å². The lowest BCUT2D eigenvalue weighted by molar-refractivity contribution is -0.144. The van der Waals surface area contributed by atoms with Crippen molar-refractivity contribution in [3.63, 3.8) is 0 Å². The van der Waals surface area contributed by atoms with Crippen LogP contribution < -0.4 is 30.1 Å². The zero-order valence-electron chi connectivity index (χ0n) is 51.4. The number of pyridine rings is 2. The Labute approximate surface area is 495 Å². The van der Waals surface area contributed by atoms with Gasteiger partial charge in [-0.05, 0) is 142 Å². The molecule has 0 N–H and O–H groups in total. The average Bonchev–Trinajstić information content (AvgIpc) is 3.63. The van der Waals surface area contributed by atoms with Crippen molar-refractivity contribution in [2.24, 2.45) is 0 Å². The molecular weight excluding hydrogens is 1090 g/mol. The molecule has 20 heteroatoms. The Kier molecular flexibility index (Phi) is 27.6. The first-order valence-electron chi connectivity index (χ1n) is 29.0. The fourth-order valence-corrected chi connectivity index (χ4v) is 11.2. The van der Waals surface area contributed by atoms with Gasteiger partial charge in [0.15, 0.2) is 0 Å². The standard InChI is InChI=1S/C63H89N7O11P2/c1-14-66(10)54-42-48(28-30-56(54)77-38-20-22-60(71)75-16-3)24-26-50-40-52(64-58(44-50)82(12)79-18-5)46-68-32-33-69(35-37-70(36-34-68)62(73)81-63(7,8)9)47-53-41-51(45-59(65-53)83(13,74)80-19-6)27-25-49-29-31-57(55(43-49)67(11)15-2)78-39-21-23-61(72)76-17-4/h28-31,40-45H,14-23,32-39,46-47H2,1-13H3. The van der Waals surface area contributed by atoms with Crippen LogP contribution in [0.1, 0.15) is 122 Å². The van der Waals surface area contributed by atoms with Crippen LogP contribution in [0.25, 0.3) is 0 Å². The summed E-state index contributed by atoms with van der Waals surface area (Å²) in [5, 5.41) is 0. The highest BCUT2D eigenvalue weighted by atomic mass is 31.2. The summed E-state index contributed by atoms with van der Waals surface area (Å²) in [4.78, 5) is 58.3. The zero-order chi connectivity index (χ0) is 60.5. The smallest absolute Gasteiger partial charge is 0.410 e. The van der Waals surface area contributed by atoms with E-state index in [1.54, 1.807) is 31.5 Å². The largest absolute Gasteiger partial charge is 0.491 e. The molecule has 0 bridgehead atoms. The summed E-state index contributed by atoms with van der Waals surface area (Å²) in [6, 6.07) is 19.4. The van der Waals surface area contributed by atoms with Crippen molar-refractivity contribution in [2.75, 3.05) is 129 Å². The van der Waals surface area contributed by atoms with Crippen LogP contribution in [0.4, 0.5) is 16.2 Å². The second-order valence-electron chi connectivity index (χ2n) is 21.0. The van der Waals surface area contributed by atoms with E-state index in [9.17, 15) is 18.9 Å². The summed E-state index contributed by atoms with van der Waals surface area (Å²) in [6.45, 7) is 28.4. The van der Waals surface area contributed by atoms with Gasteiger partial charge in [-0.3, -0.25) is 24.0 Å². The first-order valence-corrected chi connectivity index (χ1v) is 32.8. The molecular formula is C63H89N7O11P2. The number of nitrogens with zero attached hydrogens (tertiary/aromatic N) is 7. The molecule has 3 heterocycles. The topological polar surface area (TPSA) is 175 Å². The van der Waals surface area contributed by atoms with E-state index in [1.807, 2.05) is 103 Å². The predicted octanol–water partition coefficient (Wildman–Crippen LogP) is 9.45. The maximum atomic E-state index is 14.1. The van der Waals surface area contributed by atoms with E-state index in [2.05, 4.69) is 63.8 Å². The molecule has 5 rings (SSSR count). The molecule has 1 aliphatic heterocycles. The van der Waals surface area contributed by atoms with Gasteiger partial charge >= 0.3 is 18.0 Å². The van der Waals surface area contributed by atoms with Crippen molar-refractivity contribution < 1.29 is 51.7 Å². The van der Waals surface area contributed by atoms with Gasteiger partial charge < -0.3 is 47.4 Å². The second-order valence-corrected chi connectivity index (χ2v) is 25.1. The molecule has 2 atom stereocenters. The molecule has 83 heavy (non-hydrogen) atoms. The number of ether oxygens (including phenoxy) is 5. The SMILES string of the molecule is CCOC(=O)CCCOc1ccc(C#Cc2cc(CN3CCN(Cc4cc(C#Cc5ccc(OCCCC(=O)OCC)c(N(C)CC)c5)cc(P(C)(=O)OCC)n4)CCN(C(=O)OC(C)(C)C)CC3)nc(P(C)OCC)c2)cc1N(C)CC. The van der Waals surface area contributed by atoms with Gasteiger partial charge in [0.05, 0.1) is 69.4 Å². The molecule has 1 saturated heterocycles. The van der Waals surface area contributed by atoms with Crippen molar-refractivity contribution >= 4 is 55.8 Å². The maximum Gasteiger partial charge on any atom is 0.410 e. The summed E-state index contributed by atoms with van der Waals surface area (Å²) >= 11 is 0. The lowest BCUT2D eigenvalue weighted by Gasteiger charge is -2.29. The van der Waals surface area contributed by atoms with Crippen LogP contribution in [0.2, 0.25) is 0 Å². The Hall–Kier alpha value is -6.23. The Morgan fingerprint density at radius 1 is 0.627 bits per heavy atom. The molecule has 0 spiro atoms. The zero-order valence-corrected chi connectivity index (χ0v) is 53.2. The normalized spacial score (nSPS) is 14.3. The molecule has 2 unspecified atom stereocenters. The highest BCUT2D eigenvalue weighted by molar-refractivity contribution is 7.66. The predicted molar refractivity (Wildman–Crippen MR) is 331 cm³/mol. The van der Waals surface area contributed by atoms with Gasteiger partial charge in [0.2, 0.25) is 7.37 Å². The number of amides is 1. The lowest BCUT2D eigenvalue weighted by atomic mass is 10.1. The summed E-state index contributed by atoms with van der Waals surface area (Å²) < 4.78 is 54.5. The van der Waals surface area contributed by atoms with Gasteiger partial charge in [0, 0.05) is 128 Å². The van der Waals surface area contributed by atoms with Crippen LogP contribution in [0.5, 0.6) is 11.5 Å². The Bertz CT molecular complexity index is 2950. The third-order valence-electron chi connectivity index (χ3n) is 13.3. The molecule has 0 aliphatic carbocycles. The Morgan fingerprint density at radius 2 is 1.10 bits per heavy atom. The molecule has 1 fully saturated rings. The number of carbonyl (C=O) groups is 3. The average molecular weight is 1180 g/mol. The third-order valence-corrected chi connectivity index (χ3v) is 16.6. The van der Waals surface area contributed by atoms with E-state index < -0.39 is 27.2 Å². The molecule has 4 aromatic rings. The highest BCUT2D eigenvalue weighted by Crippen LogP contribution is 2.40. The first-order chi connectivity index (χ1) is 39.7. The Balaban J connectivity index is 1.45. The summed E-state index contributed by atoms with van der Waals surface area (Å²) in [5.74, 6) is 14.4. The number of carbonyl (C=O) groups excluding carboxylic acids is 3. The number of anilines is 2. The number of rotatable bonds is 26. The monoisotopic (exact) mass is 1180 g/mol. The summed E-state index contributed by atoms with van der Waals surface area (Å²) in [7, 11) is -0.404. The number of aromatic nitrogens is 2. The van der Waals surface area contributed by atoms with Crippen LogP contribution in [0, 0.1) is 23.7 Å². The van der Waals surface area contributed by atoms with Crippen LogP contribution in [0.15, 0.2) is 60.7 Å². The van der Waals surface area contributed by atoms with E-state index >= 15 is 0 Å². The maximum absolute atomic E-state index is 14.1. The minimum Gasteiger partial charge on any atom is -0.491 e. The quantitative estimate of drug-likeness (QED) is 0.0191. The van der Waals surface area contributed by atoms with E-state index in [4.69, 9.17) is 42.7 Å². The number of esters is 2. The van der Waals surface area contributed by atoms with Crippen molar-refractivity contribution in [1.82, 2.24) is 24.7 Å². The minimum absolute atomic E-state index is 0.233. The van der Waals surface area contributed by atoms with Crippen molar-refractivity contribution in [3.05, 3.63) is 94.3 Å². The van der Waals surface area contributed by atoms with Crippen LogP contribution in [-0.4, -0.2) is 168 Å². The van der Waals surface area contributed by atoms with E-state index in [0.29, 0.717) is 133 Å².